The lowest BCUT2D eigenvalue weighted by molar-refractivity contribution is -0.144. The van der Waals surface area contributed by atoms with Gasteiger partial charge in [-0.1, -0.05) is 48.0 Å². The molecule has 2 aromatic carbocycles. The van der Waals surface area contributed by atoms with Crippen molar-refractivity contribution in [3.8, 4) is 0 Å². The predicted molar refractivity (Wildman–Crippen MR) is 104 cm³/mol. The maximum Gasteiger partial charge on any atom is 0.325 e. The van der Waals surface area contributed by atoms with E-state index in [-0.39, 0.29) is 13.1 Å². The number of rotatable bonds is 4. The fourth-order valence-electron chi connectivity index (χ4n) is 2.84. The average molecular weight is 420 g/mol. The molecule has 0 radical (unpaired) electrons. The van der Waals surface area contributed by atoms with Gasteiger partial charge < -0.3 is 10.2 Å². The number of nitrogens with zero attached hydrogens (tertiary/aromatic N) is 2. The maximum absolute atomic E-state index is 12.5. The van der Waals surface area contributed by atoms with E-state index in [2.05, 4.69) is 5.32 Å². The first-order chi connectivity index (χ1) is 13.4. The summed E-state index contributed by atoms with van der Waals surface area (Å²) in [5.41, 5.74) is 0.927. The summed E-state index contributed by atoms with van der Waals surface area (Å²) < 4.78 is 0. The third kappa shape index (κ3) is 4.16. The molecule has 0 spiro atoms. The Morgan fingerprint density at radius 2 is 1.68 bits per heavy atom. The number of piperazine rings is 1. The van der Waals surface area contributed by atoms with Crippen LogP contribution in [0, 0.1) is 0 Å². The summed E-state index contributed by atoms with van der Waals surface area (Å²) in [4.78, 5) is 51.2. The molecule has 2 aromatic rings. The second-order valence-electron chi connectivity index (χ2n) is 5.99. The zero-order chi connectivity index (χ0) is 20.3. The molecule has 144 valence electrons. The Hall–Kier alpha value is -2.90. The predicted octanol–water partition coefficient (Wildman–Crippen LogP) is 2.73. The van der Waals surface area contributed by atoms with Crippen molar-refractivity contribution >= 4 is 52.0 Å². The van der Waals surface area contributed by atoms with Gasteiger partial charge >= 0.3 is 17.8 Å². The van der Waals surface area contributed by atoms with Crippen molar-refractivity contribution < 1.29 is 19.2 Å². The van der Waals surface area contributed by atoms with Crippen LogP contribution in [-0.4, -0.2) is 41.1 Å². The van der Waals surface area contributed by atoms with Crippen molar-refractivity contribution in [2.75, 3.05) is 18.0 Å². The maximum atomic E-state index is 12.5. The summed E-state index contributed by atoms with van der Waals surface area (Å²) >= 11 is 11.5. The second kappa shape index (κ2) is 8.41. The molecule has 0 aromatic heterocycles. The van der Waals surface area contributed by atoms with E-state index in [1.165, 1.54) is 4.90 Å². The molecule has 3 rings (SSSR count). The van der Waals surface area contributed by atoms with Crippen molar-refractivity contribution in [1.29, 1.82) is 0 Å². The molecule has 1 heterocycles. The number of carbonyl (C=O) groups excluding carboxylic acids is 4. The van der Waals surface area contributed by atoms with Crippen LogP contribution in [0.15, 0.2) is 54.6 Å². The standard InChI is InChI=1S/C19H15Cl2N3O4/c20-13-7-4-8-14(11-13)23-9-10-24(18(27)17(23)26)19(28)22-15(16(21)25)12-5-2-1-3-6-12/h1-8,11,15H,9-10H2,(H,22,28)/t15-/m1/s1. The lowest BCUT2D eigenvalue weighted by atomic mass is 10.1. The summed E-state index contributed by atoms with van der Waals surface area (Å²) in [6.07, 6.45) is 0. The van der Waals surface area contributed by atoms with E-state index in [4.69, 9.17) is 23.2 Å². The largest absolute Gasteiger partial charge is 0.325 e. The highest BCUT2D eigenvalue weighted by Gasteiger charge is 2.38. The Kier molecular flexibility index (Phi) is 5.96. The first-order valence-electron chi connectivity index (χ1n) is 8.32. The van der Waals surface area contributed by atoms with Crippen LogP contribution in [0.5, 0.6) is 0 Å². The van der Waals surface area contributed by atoms with Gasteiger partial charge in [0.15, 0.2) is 0 Å². The third-order valence-electron chi connectivity index (χ3n) is 4.21. The fourth-order valence-corrected chi connectivity index (χ4v) is 3.20. The van der Waals surface area contributed by atoms with E-state index in [9.17, 15) is 19.2 Å². The summed E-state index contributed by atoms with van der Waals surface area (Å²) in [5, 5.41) is 2.02. The molecule has 9 heteroatoms. The molecule has 0 saturated carbocycles. The second-order valence-corrected chi connectivity index (χ2v) is 6.80. The average Bonchev–Trinajstić information content (AvgIpc) is 2.68. The number of anilines is 1. The highest BCUT2D eigenvalue weighted by Crippen LogP contribution is 2.22. The van der Waals surface area contributed by atoms with Crippen LogP contribution in [-0.2, 0) is 14.4 Å². The summed E-state index contributed by atoms with van der Waals surface area (Å²) in [6, 6.07) is 12.9. The minimum Gasteiger partial charge on any atom is -0.322 e. The summed E-state index contributed by atoms with van der Waals surface area (Å²) in [5.74, 6) is -1.87. The fraction of sp³-hybridized carbons (Fsp3) is 0.158. The Labute approximate surface area is 170 Å². The summed E-state index contributed by atoms with van der Waals surface area (Å²) in [7, 11) is 0. The zero-order valence-corrected chi connectivity index (χ0v) is 16.0. The van der Waals surface area contributed by atoms with E-state index in [1.54, 1.807) is 54.6 Å². The Balaban J connectivity index is 1.74. The number of hydrogen-bond acceptors (Lipinski definition) is 4. The van der Waals surface area contributed by atoms with Gasteiger partial charge in [-0.05, 0) is 35.4 Å². The number of imide groups is 1. The SMILES string of the molecule is O=C(Cl)[C@H](NC(=O)N1CCN(c2cccc(Cl)c2)C(=O)C1=O)c1ccccc1. The van der Waals surface area contributed by atoms with Crippen molar-refractivity contribution in [1.82, 2.24) is 10.2 Å². The van der Waals surface area contributed by atoms with Crippen molar-refractivity contribution in [2.24, 2.45) is 0 Å². The van der Waals surface area contributed by atoms with Crippen LogP contribution in [0.2, 0.25) is 5.02 Å². The number of amides is 4. The molecule has 4 amide bonds. The lowest BCUT2D eigenvalue weighted by Crippen LogP contribution is -2.59. The molecule has 1 N–H and O–H groups in total. The summed E-state index contributed by atoms with van der Waals surface area (Å²) in [6.45, 7) is 0.0596. The number of halogens is 2. The van der Waals surface area contributed by atoms with Gasteiger partial charge in [-0.15, -0.1) is 0 Å². The van der Waals surface area contributed by atoms with Gasteiger partial charge in [-0.3, -0.25) is 19.3 Å². The Morgan fingerprint density at radius 3 is 2.32 bits per heavy atom. The van der Waals surface area contributed by atoms with Crippen LogP contribution in [0.3, 0.4) is 0 Å². The van der Waals surface area contributed by atoms with E-state index < -0.39 is 29.1 Å². The van der Waals surface area contributed by atoms with Crippen LogP contribution in [0.1, 0.15) is 11.6 Å². The molecule has 0 bridgehead atoms. The van der Waals surface area contributed by atoms with E-state index in [0.717, 1.165) is 4.90 Å². The molecule has 1 atom stereocenters. The number of urea groups is 1. The van der Waals surface area contributed by atoms with Crippen LogP contribution in [0.4, 0.5) is 10.5 Å². The lowest BCUT2D eigenvalue weighted by Gasteiger charge is -2.33. The van der Waals surface area contributed by atoms with Gasteiger partial charge in [0.05, 0.1) is 0 Å². The smallest absolute Gasteiger partial charge is 0.322 e. The minimum absolute atomic E-state index is 0.0408. The molecule has 1 fully saturated rings. The Bertz CT molecular complexity index is 936. The van der Waals surface area contributed by atoms with Gasteiger partial charge in [0.25, 0.3) is 0 Å². The normalized spacial score (nSPS) is 15.4. The molecular weight excluding hydrogens is 405 g/mol. The monoisotopic (exact) mass is 419 g/mol. The molecule has 7 nitrogen and oxygen atoms in total. The first kappa shape index (κ1) is 19.9. The van der Waals surface area contributed by atoms with E-state index >= 15 is 0 Å². The zero-order valence-electron chi connectivity index (χ0n) is 14.5. The molecule has 28 heavy (non-hydrogen) atoms. The van der Waals surface area contributed by atoms with Gasteiger partial charge in [-0.2, -0.15) is 0 Å². The van der Waals surface area contributed by atoms with Crippen LogP contribution >= 0.6 is 23.2 Å². The number of nitrogens with one attached hydrogen (secondary N) is 1. The van der Waals surface area contributed by atoms with Gasteiger partial charge in [0.1, 0.15) is 6.04 Å². The number of benzene rings is 2. The quantitative estimate of drug-likeness (QED) is 0.609. The number of carbonyl (C=O) groups is 4. The topological polar surface area (TPSA) is 86.8 Å². The minimum atomic E-state index is -1.13. The molecule has 1 saturated heterocycles. The first-order valence-corrected chi connectivity index (χ1v) is 9.08. The van der Waals surface area contributed by atoms with E-state index in [0.29, 0.717) is 16.3 Å². The molecule has 1 aliphatic heterocycles. The highest BCUT2D eigenvalue weighted by atomic mass is 35.5. The van der Waals surface area contributed by atoms with Crippen LogP contribution < -0.4 is 10.2 Å². The van der Waals surface area contributed by atoms with Crippen molar-refractivity contribution in [3.63, 3.8) is 0 Å². The van der Waals surface area contributed by atoms with Crippen molar-refractivity contribution in [3.05, 3.63) is 65.2 Å². The van der Waals surface area contributed by atoms with Crippen LogP contribution in [0.25, 0.3) is 0 Å². The molecule has 0 unspecified atom stereocenters. The van der Waals surface area contributed by atoms with Gasteiger partial charge in [0, 0.05) is 23.8 Å². The molecule has 0 aliphatic carbocycles. The van der Waals surface area contributed by atoms with E-state index in [1.807, 2.05) is 0 Å². The van der Waals surface area contributed by atoms with Crippen molar-refractivity contribution in [2.45, 2.75) is 6.04 Å². The van der Waals surface area contributed by atoms with Gasteiger partial charge in [0.2, 0.25) is 5.24 Å². The Morgan fingerprint density at radius 1 is 0.964 bits per heavy atom. The molecule has 1 aliphatic rings. The third-order valence-corrected chi connectivity index (χ3v) is 4.67. The highest BCUT2D eigenvalue weighted by molar-refractivity contribution is 6.64. The van der Waals surface area contributed by atoms with Gasteiger partial charge in [-0.25, -0.2) is 4.79 Å². The number of hydrogen-bond donors (Lipinski definition) is 1. The molecular formula is C19H15Cl2N3O4.